The van der Waals surface area contributed by atoms with E-state index in [9.17, 15) is 14.4 Å². The summed E-state index contributed by atoms with van der Waals surface area (Å²) in [6.07, 6.45) is 73.5. The minimum Gasteiger partial charge on any atom is -0.462 e. The predicted molar refractivity (Wildman–Crippen MR) is 302 cm³/mol. The molecule has 0 aromatic carbocycles. The molecule has 6 heteroatoms. The summed E-state index contributed by atoms with van der Waals surface area (Å²) in [6.45, 7) is 6.53. The molecule has 0 spiro atoms. The minimum atomic E-state index is -0.782. The lowest BCUT2D eigenvalue weighted by atomic mass is 10.0. The van der Waals surface area contributed by atoms with Gasteiger partial charge in [0.25, 0.3) is 0 Å². The lowest BCUT2D eigenvalue weighted by molar-refractivity contribution is -0.167. The van der Waals surface area contributed by atoms with Crippen molar-refractivity contribution >= 4 is 17.9 Å². The number of hydrogen-bond donors (Lipinski definition) is 0. The van der Waals surface area contributed by atoms with Crippen LogP contribution < -0.4 is 0 Å². The van der Waals surface area contributed by atoms with E-state index in [0.717, 1.165) is 96.3 Å². The fourth-order valence-corrected chi connectivity index (χ4v) is 8.72. The second kappa shape index (κ2) is 58.7. The van der Waals surface area contributed by atoms with Gasteiger partial charge in [-0.05, 0) is 83.5 Å². The minimum absolute atomic E-state index is 0.0780. The number of carbonyl (C=O) groups is 3. The molecule has 70 heavy (non-hydrogen) atoms. The summed E-state index contributed by atoms with van der Waals surface area (Å²) in [5.41, 5.74) is 0. The zero-order chi connectivity index (χ0) is 50.7. The lowest BCUT2D eigenvalue weighted by Crippen LogP contribution is -2.30. The van der Waals surface area contributed by atoms with Crippen LogP contribution in [-0.2, 0) is 28.6 Å². The third kappa shape index (κ3) is 56.0. The Balaban J connectivity index is 4.37. The largest absolute Gasteiger partial charge is 0.462 e. The van der Waals surface area contributed by atoms with Gasteiger partial charge in [0.1, 0.15) is 13.2 Å². The van der Waals surface area contributed by atoms with Crippen LogP contribution in [-0.4, -0.2) is 37.2 Å². The molecule has 0 heterocycles. The van der Waals surface area contributed by atoms with E-state index in [0.29, 0.717) is 19.3 Å². The number of carbonyl (C=O) groups excluding carboxylic acids is 3. The molecule has 0 aliphatic rings. The summed E-state index contributed by atoms with van der Waals surface area (Å²) in [4.78, 5) is 38.3. The van der Waals surface area contributed by atoms with E-state index < -0.39 is 6.10 Å². The van der Waals surface area contributed by atoms with Gasteiger partial charge in [-0.2, -0.15) is 0 Å². The summed E-state index contributed by atoms with van der Waals surface area (Å²) in [6, 6.07) is 0. The van der Waals surface area contributed by atoms with Crippen LogP contribution in [0.2, 0.25) is 0 Å². The third-order valence-corrected chi connectivity index (χ3v) is 13.3. The van der Waals surface area contributed by atoms with Crippen LogP contribution in [0.3, 0.4) is 0 Å². The second-order valence-corrected chi connectivity index (χ2v) is 20.2. The summed E-state index contributed by atoms with van der Waals surface area (Å²) in [7, 11) is 0. The zero-order valence-corrected chi connectivity index (χ0v) is 46.5. The molecule has 0 aromatic heterocycles. The van der Waals surface area contributed by atoms with Crippen LogP contribution >= 0.6 is 0 Å². The molecule has 6 nitrogen and oxygen atoms in total. The van der Waals surface area contributed by atoms with Gasteiger partial charge in [-0.1, -0.05) is 268 Å². The van der Waals surface area contributed by atoms with E-state index in [-0.39, 0.29) is 31.1 Å². The average molecular weight is 980 g/mol. The molecule has 0 radical (unpaired) electrons. The fourth-order valence-electron chi connectivity index (χ4n) is 8.72. The maximum Gasteiger partial charge on any atom is 0.306 e. The summed E-state index contributed by atoms with van der Waals surface area (Å²) in [5.74, 6) is -0.880. The van der Waals surface area contributed by atoms with Gasteiger partial charge in [0.2, 0.25) is 0 Å². The van der Waals surface area contributed by atoms with Gasteiger partial charge in [0.15, 0.2) is 6.10 Å². The average Bonchev–Trinajstić information content (AvgIpc) is 3.36. The van der Waals surface area contributed by atoms with Crippen molar-refractivity contribution in [2.75, 3.05) is 13.2 Å². The molecule has 0 N–H and O–H groups in total. The molecule has 0 aliphatic heterocycles. The van der Waals surface area contributed by atoms with E-state index in [1.165, 1.54) is 173 Å². The van der Waals surface area contributed by atoms with Crippen molar-refractivity contribution in [2.24, 2.45) is 0 Å². The van der Waals surface area contributed by atoms with Crippen LogP contribution in [0.5, 0.6) is 0 Å². The van der Waals surface area contributed by atoms with Crippen molar-refractivity contribution in [3.8, 4) is 0 Å². The summed E-state index contributed by atoms with van der Waals surface area (Å²) < 4.78 is 16.9. The molecular weight excluding hydrogens is 865 g/mol. The van der Waals surface area contributed by atoms with Crippen molar-refractivity contribution in [3.63, 3.8) is 0 Å². The molecule has 0 amide bonds. The molecule has 0 aliphatic carbocycles. The molecule has 406 valence electrons. The summed E-state index contributed by atoms with van der Waals surface area (Å²) in [5, 5.41) is 0. The Morgan fingerprint density at radius 1 is 0.300 bits per heavy atom. The van der Waals surface area contributed by atoms with Gasteiger partial charge < -0.3 is 14.2 Å². The molecule has 0 rings (SSSR count). The quantitative estimate of drug-likeness (QED) is 0.0261. The first-order chi connectivity index (χ1) is 34.5. The van der Waals surface area contributed by atoms with E-state index in [1.807, 2.05) is 0 Å². The van der Waals surface area contributed by atoms with Crippen LogP contribution in [0, 0.1) is 0 Å². The van der Waals surface area contributed by atoms with E-state index in [4.69, 9.17) is 14.2 Å². The van der Waals surface area contributed by atoms with Crippen molar-refractivity contribution in [1.29, 1.82) is 0 Å². The predicted octanol–water partition coefficient (Wildman–Crippen LogP) is 20.4. The zero-order valence-electron chi connectivity index (χ0n) is 46.5. The van der Waals surface area contributed by atoms with Crippen LogP contribution in [0.4, 0.5) is 0 Å². The normalized spacial score (nSPS) is 12.4. The highest BCUT2D eigenvalue weighted by Crippen LogP contribution is 2.17. The first kappa shape index (κ1) is 67.1. The van der Waals surface area contributed by atoms with Crippen molar-refractivity contribution in [1.82, 2.24) is 0 Å². The first-order valence-electron chi connectivity index (χ1n) is 30.3. The highest BCUT2D eigenvalue weighted by molar-refractivity contribution is 5.71. The SMILES string of the molecule is CC/C=C\C/C=C\C/C=C\CCCCCCCCCC(=O)OC(COC(=O)CCCCCCCCC/C=C\C/C=C\CCCCC)COC(=O)CCCCCCCCCCCCCCCCCCCC. The monoisotopic (exact) mass is 979 g/mol. The van der Waals surface area contributed by atoms with Gasteiger partial charge in [-0.25, -0.2) is 0 Å². The Kier molecular flexibility index (Phi) is 56.3. The number of hydrogen-bond acceptors (Lipinski definition) is 6. The Morgan fingerprint density at radius 2 is 0.557 bits per heavy atom. The van der Waals surface area contributed by atoms with Gasteiger partial charge in [-0.15, -0.1) is 0 Å². The lowest BCUT2D eigenvalue weighted by Gasteiger charge is -2.18. The smallest absolute Gasteiger partial charge is 0.306 e. The number of unbranched alkanes of at least 4 members (excludes halogenated alkanes) is 34. The van der Waals surface area contributed by atoms with Gasteiger partial charge >= 0.3 is 17.9 Å². The topological polar surface area (TPSA) is 78.9 Å². The Morgan fingerprint density at radius 3 is 0.900 bits per heavy atom. The van der Waals surface area contributed by atoms with E-state index in [2.05, 4.69) is 81.5 Å². The molecule has 0 fully saturated rings. The molecule has 0 saturated heterocycles. The molecule has 1 atom stereocenters. The Hall–Kier alpha value is -2.89. The molecule has 0 saturated carbocycles. The second-order valence-electron chi connectivity index (χ2n) is 20.2. The number of rotatable bonds is 55. The first-order valence-corrected chi connectivity index (χ1v) is 30.3. The third-order valence-electron chi connectivity index (χ3n) is 13.3. The standard InChI is InChI=1S/C64H114O6/c1-4-7-10-13-16-19-22-25-28-31-34-36-39-42-45-48-51-54-57-63(66)69-60-61(70-64(67)58-55-52-49-46-43-40-37-33-30-27-24-21-18-15-12-9-6-3)59-68-62(65)56-53-50-47-44-41-38-35-32-29-26-23-20-17-14-11-8-5-2/h9,12,17-18,20-21,26-27,29-30,61H,4-8,10-11,13-16,19,22-25,28,31-60H2,1-3H3/b12-9-,20-17-,21-18-,29-26-,30-27-. The van der Waals surface area contributed by atoms with Crippen molar-refractivity contribution in [2.45, 2.75) is 316 Å². The maximum atomic E-state index is 12.9. The van der Waals surface area contributed by atoms with Gasteiger partial charge in [0.05, 0.1) is 0 Å². The van der Waals surface area contributed by atoms with Gasteiger partial charge in [-0.3, -0.25) is 14.4 Å². The highest BCUT2D eigenvalue weighted by Gasteiger charge is 2.19. The molecule has 1 unspecified atom stereocenters. The van der Waals surface area contributed by atoms with Gasteiger partial charge in [0, 0.05) is 19.3 Å². The van der Waals surface area contributed by atoms with Crippen LogP contribution in [0.1, 0.15) is 310 Å². The maximum absolute atomic E-state index is 12.9. The molecular formula is C64H114O6. The number of ether oxygens (including phenoxy) is 3. The highest BCUT2D eigenvalue weighted by atomic mass is 16.6. The fraction of sp³-hybridized carbons (Fsp3) is 0.797. The summed E-state index contributed by atoms with van der Waals surface area (Å²) >= 11 is 0. The Labute approximate surface area is 434 Å². The van der Waals surface area contributed by atoms with E-state index in [1.54, 1.807) is 0 Å². The number of allylic oxidation sites excluding steroid dienone is 10. The molecule has 0 bridgehead atoms. The van der Waals surface area contributed by atoms with E-state index >= 15 is 0 Å². The Bertz CT molecular complexity index is 1260. The van der Waals surface area contributed by atoms with Crippen LogP contribution in [0.25, 0.3) is 0 Å². The van der Waals surface area contributed by atoms with Crippen molar-refractivity contribution < 1.29 is 28.6 Å². The number of esters is 3. The van der Waals surface area contributed by atoms with Crippen molar-refractivity contribution in [3.05, 3.63) is 60.8 Å². The van der Waals surface area contributed by atoms with Crippen LogP contribution in [0.15, 0.2) is 60.8 Å². The molecule has 0 aromatic rings.